The first-order valence-corrected chi connectivity index (χ1v) is 8.67. The van der Waals surface area contributed by atoms with E-state index < -0.39 is 0 Å². The number of amides is 1. The zero-order valence-electron chi connectivity index (χ0n) is 13.7. The molecule has 128 valence electrons. The Balaban J connectivity index is 1.51. The number of nitrogens with zero attached hydrogens (tertiary/aromatic N) is 2. The molecule has 3 rings (SSSR count). The first-order chi connectivity index (χ1) is 12.2. The van der Waals surface area contributed by atoms with Crippen molar-refractivity contribution in [1.29, 1.82) is 0 Å². The number of hydrogen-bond acceptors (Lipinski definition) is 6. The van der Waals surface area contributed by atoms with Gasteiger partial charge in [0.05, 0.1) is 7.11 Å². The Labute approximate surface area is 149 Å². The maximum atomic E-state index is 12.2. The second-order valence-corrected chi connectivity index (χ2v) is 6.09. The van der Waals surface area contributed by atoms with Gasteiger partial charge in [0.15, 0.2) is 5.13 Å². The minimum Gasteiger partial charge on any atom is -0.497 e. The van der Waals surface area contributed by atoms with Gasteiger partial charge >= 0.3 is 0 Å². The number of aromatic nitrogens is 2. The summed E-state index contributed by atoms with van der Waals surface area (Å²) in [6, 6.07) is 13.4. The fraction of sp³-hybridized carbons (Fsp3) is 0.167. The summed E-state index contributed by atoms with van der Waals surface area (Å²) < 4.78 is 5.20. The molecule has 0 unspecified atom stereocenters. The second-order valence-electron chi connectivity index (χ2n) is 5.24. The van der Waals surface area contributed by atoms with E-state index in [4.69, 9.17) is 4.74 Å². The normalized spacial score (nSPS) is 10.3. The van der Waals surface area contributed by atoms with Crippen LogP contribution in [0.1, 0.15) is 16.1 Å². The van der Waals surface area contributed by atoms with E-state index in [-0.39, 0.29) is 5.91 Å². The lowest BCUT2D eigenvalue weighted by atomic mass is 10.1. The van der Waals surface area contributed by atoms with Crippen molar-refractivity contribution in [3.63, 3.8) is 0 Å². The molecule has 0 aliphatic carbocycles. The number of ether oxygens (including phenoxy) is 1. The summed E-state index contributed by atoms with van der Waals surface area (Å²) in [4.78, 5) is 20.7. The molecule has 7 heteroatoms. The van der Waals surface area contributed by atoms with E-state index in [1.165, 1.54) is 11.3 Å². The predicted molar refractivity (Wildman–Crippen MR) is 98.7 cm³/mol. The molecule has 2 heterocycles. The van der Waals surface area contributed by atoms with E-state index in [2.05, 4.69) is 20.6 Å². The highest BCUT2D eigenvalue weighted by Crippen LogP contribution is 2.19. The molecule has 0 atom stereocenters. The van der Waals surface area contributed by atoms with Gasteiger partial charge in [-0.2, -0.15) is 0 Å². The molecule has 25 heavy (non-hydrogen) atoms. The lowest BCUT2D eigenvalue weighted by molar-refractivity contribution is 0.0950. The number of anilines is 2. The number of thiazole rings is 1. The van der Waals surface area contributed by atoms with Crippen molar-refractivity contribution in [2.24, 2.45) is 0 Å². The number of nitrogens with one attached hydrogen (secondary N) is 2. The minimum atomic E-state index is -0.187. The lowest BCUT2D eigenvalue weighted by Gasteiger charge is -2.05. The Hall–Kier alpha value is -2.93. The lowest BCUT2D eigenvalue weighted by Crippen LogP contribution is -2.26. The molecular weight excluding hydrogens is 336 g/mol. The van der Waals surface area contributed by atoms with Crippen LogP contribution in [-0.2, 0) is 6.42 Å². The molecule has 0 saturated carbocycles. The average Bonchev–Trinajstić information content (AvgIpc) is 3.11. The molecule has 1 aromatic carbocycles. The molecule has 0 aliphatic rings. The summed E-state index contributed by atoms with van der Waals surface area (Å²) in [7, 11) is 1.64. The number of methoxy groups -OCH3 is 1. The van der Waals surface area contributed by atoms with Crippen LogP contribution in [0.5, 0.6) is 5.75 Å². The van der Waals surface area contributed by atoms with Crippen molar-refractivity contribution in [2.45, 2.75) is 6.42 Å². The van der Waals surface area contributed by atoms with E-state index >= 15 is 0 Å². The Kier molecular flexibility index (Phi) is 5.58. The molecule has 0 radical (unpaired) electrons. The first kappa shape index (κ1) is 16.9. The largest absolute Gasteiger partial charge is 0.497 e. The number of rotatable bonds is 7. The molecule has 0 spiro atoms. The first-order valence-electron chi connectivity index (χ1n) is 7.79. The zero-order chi connectivity index (χ0) is 17.5. The van der Waals surface area contributed by atoms with Crippen LogP contribution in [0.3, 0.4) is 0 Å². The van der Waals surface area contributed by atoms with E-state index in [9.17, 15) is 4.79 Å². The summed E-state index contributed by atoms with van der Waals surface area (Å²) in [6.45, 7) is 0.534. The van der Waals surface area contributed by atoms with Crippen LogP contribution < -0.4 is 15.4 Å². The van der Waals surface area contributed by atoms with Crippen molar-refractivity contribution < 1.29 is 9.53 Å². The molecule has 0 aliphatic heterocycles. The van der Waals surface area contributed by atoms with Crippen LogP contribution in [0.2, 0.25) is 0 Å². The van der Waals surface area contributed by atoms with Crippen molar-refractivity contribution in [3.8, 4) is 5.75 Å². The van der Waals surface area contributed by atoms with Crippen LogP contribution >= 0.6 is 11.3 Å². The molecule has 3 aromatic rings. The van der Waals surface area contributed by atoms with E-state index in [0.717, 1.165) is 17.7 Å². The fourth-order valence-corrected chi connectivity index (χ4v) is 2.92. The third-order valence-electron chi connectivity index (χ3n) is 3.47. The standard InChI is InChI=1S/C18H18N4O2S/c1-24-14-6-4-5-13(11-14)8-10-20-17(23)15-12-25-18(21-15)22-16-7-2-3-9-19-16/h2-7,9,11-12H,8,10H2,1H3,(H,20,23)(H,19,21,22). The van der Waals surface area contributed by atoms with Crippen LogP contribution in [-0.4, -0.2) is 29.5 Å². The van der Waals surface area contributed by atoms with Crippen LogP contribution in [0.25, 0.3) is 0 Å². The van der Waals surface area contributed by atoms with Gasteiger partial charge < -0.3 is 15.4 Å². The zero-order valence-corrected chi connectivity index (χ0v) is 14.5. The number of benzene rings is 1. The molecule has 1 amide bonds. The Bertz CT molecular complexity index is 836. The third-order valence-corrected chi connectivity index (χ3v) is 4.23. The molecule has 6 nitrogen and oxygen atoms in total. The van der Waals surface area contributed by atoms with Crippen LogP contribution in [0, 0.1) is 0 Å². The van der Waals surface area contributed by atoms with Gasteiger partial charge in [0.1, 0.15) is 17.3 Å². The van der Waals surface area contributed by atoms with Gasteiger partial charge in [-0.05, 0) is 36.2 Å². The Morgan fingerprint density at radius 3 is 2.96 bits per heavy atom. The second kappa shape index (κ2) is 8.25. The maximum Gasteiger partial charge on any atom is 0.270 e. The monoisotopic (exact) mass is 354 g/mol. The van der Waals surface area contributed by atoms with Gasteiger partial charge in [0, 0.05) is 18.1 Å². The summed E-state index contributed by atoms with van der Waals surface area (Å²) in [5.41, 5.74) is 1.50. The molecule has 2 N–H and O–H groups in total. The fourth-order valence-electron chi connectivity index (χ4n) is 2.22. The van der Waals surface area contributed by atoms with Crippen molar-refractivity contribution in [1.82, 2.24) is 15.3 Å². The number of hydrogen-bond donors (Lipinski definition) is 2. The Morgan fingerprint density at radius 1 is 1.24 bits per heavy atom. The minimum absolute atomic E-state index is 0.187. The quantitative estimate of drug-likeness (QED) is 0.681. The highest BCUT2D eigenvalue weighted by atomic mass is 32.1. The van der Waals surface area contributed by atoms with Gasteiger partial charge in [0.2, 0.25) is 0 Å². The van der Waals surface area contributed by atoms with Crippen LogP contribution in [0.4, 0.5) is 10.9 Å². The highest BCUT2D eigenvalue weighted by molar-refractivity contribution is 7.14. The van der Waals surface area contributed by atoms with E-state index in [0.29, 0.717) is 23.2 Å². The SMILES string of the molecule is COc1cccc(CCNC(=O)c2csc(Nc3ccccn3)n2)c1. The van der Waals surface area contributed by atoms with Crippen LogP contribution in [0.15, 0.2) is 54.0 Å². The molecule has 0 fully saturated rings. The van der Waals surface area contributed by atoms with Gasteiger partial charge in [-0.1, -0.05) is 18.2 Å². The van der Waals surface area contributed by atoms with Gasteiger partial charge in [-0.15, -0.1) is 11.3 Å². The summed E-state index contributed by atoms with van der Waals surface area (Å²) in [5, 5.41) is 8.32. The van der Waals surface area contributed by atoms with Crippen molar-refractivity contribution >= 4 is 28.2 Å². The molecular formula is C18H18N4O2S. The Morgan fingerprint density at radius 2 is 2.16 bits per heavy atom. The topological polar surface area (TPSA) is 76.1 Å². The van der Waals surface area contributed by atoms with E-state index in [1.807, 2.05) is 42.5 Å². The summed E-state index contributed by atoms with van der Waals surface area (Å²) in [5.74, 6) is 1.32. The maximum absolute atomic E-state index is 12.2. The van der Waals surface area contributed by atoms with Gasteiger partial charge in [-0.3, -0.25) is 4.79 Å². The predicted octanol–water partition coefficient (Wildman–Crippen LogP) is 3.26. The highest BCUT2D eigenvalue weighted by Gasteiger charge is 2.10. The van der Waals surface area contributed by atoms with E-state index in [1.54, 1.807) is 18.7 Å². The smallest absolute Gasteiger partial charge is 0.270 e. The summed E-state index contributed by atoms with van der Waals surface area (Å²) >= 11 is 1.37. The molecule has 0 saturated heterocycles. The molecule has 2 aromatic heterocycles. The van der Waals surface area contributed by atoms with Gasteiger partial charge in [0.25, 0.3) is 5.91 Å². The number of carbonyl (C=O) groups is 1. The molecule has 0 bridgehead atoms. The number of carbonyl (C=O) groups excluding carboxylic acids is 1. The van der Waals surface area contributed by atoms with Crippen molar-refractivity contribution in [2.75, 3.05) is 19.0 Å². The van der Waals surface area contributed by atoms with Crippen molar-refractivity contribution in [3.05, 3.63) is 65.3 Å². The van der Waals surface area contributed by atoms with Gasteiger partial charge in [-0.25, -0.2) is 9.97 Å². The average molecular weight is 354 g/mol. The summed E-state index contributed by atoms with van der Waals surface area (Å²) in [6.07, 6.45) is 2.42. The third kappa shape index (κ3) is 4.77. The number of pyridine rings is 1.